The van der Waals surface area contributed by atoms with E-state index in [4.69, 9.17) is 16.3 Å². The molecule has 0 radical (unpaired) electrons. The minimum absolute atomic E-state index is 0.0580. The highest BCUT2D eigenvalue weighted by Crippen LogP contribution is 2.33. The van der Waals surface area contributed by atoms with E-state index in [0.717, 1.165) is 25.9 Å². The van der Waals surface area contributed by atoms with Gasteiger partial charge in [-0.3, -0.25) is 10.1 Å². The van der Waals surface area contributed by atoms with Crippen LogP contribution in [0.15, 0.2) is 24.3 Å². The minimum Gasteiger partial charge on any atom is -0.444 e. The van der Waals surface area contributed by atoms with Crippen molar-refractivity contribution in [2.75, 3.05) is 29.2 Å². The Morgan fingerprint density at radius 3 is 2.24 bits per heavy atom. The molecule has 1 aliphatic heterocycles. The summed E-state index contributed by atoms with van der Waals surface area (Å²) in [7, 11) is 0. The molecule has 1 N–H and O–H groups in total. The first-order chi connectivity index (χ1) is 15.8. The van der Waals surface area contributed by atoms with E-state index in [-0.39, 0.29) is 17.8 Å². The number of piperidine rings is 1. The van der Waals surface area contributed by atoms with Crippen molar-refractivity contribution in [3.63, 3.8) is 0 Å². The van der Waals surface area contributed by atoms with E-state index in [1.807, 2.05) is 39.0 Å². The second kappa shape index (κ2) is 12.1. The van der Waals surface area contributed by atoms with Crippen LogP contribution in [0.25, 0.3) is 0 Å². The summed E-state index contributed by atoms with van der Waals surface area (Å²) in [6.07, 6.45) is 10.6. The number of nitrogens with one attached hydrogen (secondary N) is 1. The summed E-state index contributed by atoms with van der Waals surface area (Å²) in [5, 5.41) is 2.83. The van der Waals surface area contributed by atoms with Crippen molar-refractivity contribution < 1.29 is 14.3 Å². The van der Waals surface area contributed by atoms with Crippen LogP contribution in [-0.4, -0.2) is 53.6 Å². The Morgan fingerprint density at radius 2 is 1.64 bits per heavy atom. The van der Waals surface area contributed by atoms with Crippen molar-refractivity contribution in [3.05, 3.63) is 24.3 Å². The molecule has 1 aromatic carbocycles. The fourth-order valence-corrected chi connectivity index (χ4v) is 5.24. The van der Waals surface area contributed by atoms with Crippen molar-refractivity contribution in [2.45, 2.75) is 96.2 Å². The summed E-state index contributed by atoms with van der Waals surface area (Å²) in [5.74, 6) is -0.233. The lowest BCUT2D eigenvalue weighted by molar-refractivity contribution is -0.117. The van der Waals surface area contributed by atoms with E-state index in [1.165, 1.54) is 44.9 Å². The number of para-hydroxylation sites is 2. The van der Waals surface area contributed by atoms with E-state index >= 15 is 0 Å². The Balaban J connectivity index is 1.72. The van der Waals surface area contributed by atoms with Crippen LogP contribution in [0, 0.1) is 0 Å². The van der Waals surface area contributed by atoms with Gasteiger partial charge in [-0.2, -0.15) is 0 Å². The van der Waals surface area contributed by atoms with E-state index in [9.17, 15) is 9.59 Å². The molecule has 0 atom stereocenters. The predicted octanol–water partition coefficient (Wildman–Crippen LogP) is 6.18. The molecule has 1 heterocycles. The largest absolute Gasteiger partial charge is 0.444 e. The number of anilines is 2. The Kier molecular flexibility index (Phi) is 9.45. The van der Waals surface area contributed by atoms with Gasteiger partial charge in [0.1, 0.15) is 11.5 Å². The lowest BCUT2D eigenvalue weighted by Gasteiger charge is -2.42. The first kappa shape index (κ1) is 25.8. The number of halogens is 1. The van der Waals surface area contributed by atoms with Crippen molar-refractivity contribution in [2.24, 2.45) is 0 Å². The number of benzene rings is 1. The van der Waals surface area contributed by atoms with Crippen LogP contribution in [-0.2, 0) is 9.53 Å². The van der Waals surface area contributed by atoms with Gasteiger partial charge in [-0.25, -0.2) is 4.79 Å². The second-order valence-corrected chi connectivity index (χ2v) is 10.6. The molecule has 1 aromatic rings. The molecule has 0 spiro atoms. The summed E-state index contributed by atoms with van der Waals surface area (Å²) in [6.45, 7) is 7.45. The molecule has 7 heteroatoms. The third kappa shape index (κ3) is 7.61. The maximum absolute atomic E-state index is 13.0. The lowest BCUT2D eigenvalue weighted by atomic mass is 9.93. The zero-order valence-electron chi connectivity index (χ0n) is 20.4. The molecular weight excluding hydrogens is 438 g/mol. The van der Waals surface area contributed by atoms with Crippen LogP contribution < -0.4 is 10.2 Å². The number of carbonyl (C=O) groups is 2. The number of ether oxygens (including phenoxy) is 1. The van der Waals surface area contributed by atoms with Gasteiger partial charge in [-0.15, -0.1) is 11.6 Å². The molecule has 1 saturated carbocycles. The lowest BCUT2D eigenvalue weighted by Crippen LogP contribution is -2.50. The van der Waals surface area contributed by atoms with Gasteiger partial charge < -0.3 is 14.5 Å². The third-order valence-corrected chi connectivity index (χ3v) is 6.87. The summed E-state index contributed by atoms with van der Waals surface area (Å²) < 4.78 is 5.42. The zero-order chi connectivity index (χ0) is 23.8. The zero-order valence-corrected chi connectivity index (χ0v) is 21.2. The van der Waals surface area contributed by atoms with Crippen LogP contribution in [0.5, 0.6) is 0 Å². The molecule has 0 aromatic heterocycles. The SMILES string of the molecule is CC(C)(C)OC(=O)Nc1ccccc1N(C(=O)CCl)C1CCN(C2CCCCCCC2)CC1. The van der Waals surface area contributed by atoms with Gasteiger partial charge >= 0.3 is 6.09 Å². The number of hydrogen-bond donors (Lipinski definition) is 1. The summed E-state index contributed by atoms with van der Waals surface area (Å²) in [4.78, 5) is 29.8. The summed E-state index contributed by atoms with van der Waals surface area (Å²) >= 11 is 6.03. The van der Waals surface area contributed by atoms with Gasteiger partial charge in [0.25, 0.3) is 0 Å². The molecule has 2 fully saturated rings. The van der Waals surface area contributed by atoms with Gasteiger partial charge in [0.05, 0.1) is 11.4 Å². The molecule has 2 amide bonds. The molecule has 184 valence electrons. The minimum atomic E-state index is -0.603. The van der Waals surface area contributed by atoms with Crippen LogP contribution in [0.4, 0.5) is 16.2 Å². The number of hydrogen-bond acceptors (Lipinski definition) is 4. The highest BCUT2D eigenvalue weighted by Gasteiger charge is 2.32. The highest BCUT2D eigenvalue weighted by molar-refractivity contribution is 6.29. The second-order valence-electron chi connectivity index (χ2n) is 10.3. The van der Waals surface area contributed by atoms with Crippen LogP contribution in [0.1, 0.15) is 78.6 Å². The van der Waals surface area contributed by atoms with E-state index in [2.05, 4.69) is 10.2 Å². The molecule has 2 aliphatic rings. The molecule has 3 rings (SSSR count). The van der Waals surface area contributed by atoms with E-state index in [0.29, 0.717) is 17.4 Å². The number of carbonyl (C=O) groups excluding carboxylic acids is 2. The topological polar surface area (TPSA) is 61.9 Å². The van der Waals surface area contributed by atoms with Crippen LogP contribution >= 0.6 is 11.6 Å². The Morgan fingerprint density at radius 1 is 1.03 bits per heavy atom. The molecule has 1 aliphatic carbocycles. The third-order valence-electron chi connectivity index (χ3n) is 6.64. The fraction of sp³-hybridized carbons (Fsp3) is 0.692. The predicted molar refractivity (Wildman–Crippen MR) is 135 cm³/mol. The van der Waals surface area contributed by atoms with Gasteiger partial charge in [0, 0.05) is 25.2 Å². The molecule has 6 nitrogen and oxygen atoms in total. The number of amides is 2. The van der Waals surface area contributed by atoms with Gasteiger partial charge in [0.2, 0.25) is 5.91 Å². The quantitative estimate of drug-likeness (QED) is 0.514. The number of nitrogens with zero attached hydrogens (tertiary/aromatic N) is 2. The maximum atomic E-state index is 13.0. The first-order valence-electron chi connectivity index (χ1n) is 12.5. The van der Waals surface area contributed by atoms with Crippen LogP contribution in [0.3, 0.4) is 0 Å². The summed E-state index contributed by atoms with van der Waals surface area (Å²) in [6, 6.07) is 8.13. The number of likely N-dealkylation sites (tertiary alicyclic amines) is 1. The average Bonchev–Trinajstić information content (AvgIpc) is 2.74. The molecule has 0 bridgehead atoms. The monoisotopic (exact) mass is 477 g/mol. The number of alkyl halides is 1. The summed E-state index contributed by atoms with van der Waals surface area (Å²) in [5.41, 5.74) is 0.639. The Hall–Kier alpha value is -1.79. The van der Waals surface area contributed by atoms with E-state index in [1.54, 1.807) is 11.0 Å². The van der Waals surface area contributed by atoms with Crippen molar-refractivity contribution in [1.29, 1.82) is 0 Å². The van der Waals surface area contributed by atoms with Crippen molar-refractivity contribution in [1.82, 2.24) is 4.90 Å². The Bertz CT molecular complexity index is 779. The molecule has 33 heavy (non-hydrogen) atoms. The highest BCUT2D eigenvalue weighted by atomic mass is 35.5. The first-order valence-corrected chi connectivity index (χ1v) is 13.0. The smallest absolute Gasteiger partial charge is 0.412 e. The number of rotatable bonds is 5. The average molecular weight is 478 g/mol. The van der Waals surface area contributed by atoms with Gasteiger partial charge in [0.15, 0.2) is 0 Å². The standard InChI is InChI=1S/C26H40ClN3O3/c1-26(2,3)33-25(32)28-22-13-9-10-14-23(22)30(24(31)19-27)21-15-17-29(18-16-21)20-11-7-5-4-6-8-12-20/h9-10,13-14,20-21H,4-8,11-12,15-19H2,1-3H3,(H,28,32). The normalized spacial score (nSPS) is 19.4. The molecule has 0 unspecified atom stereocenters. The van der Waals surface area contributed by atoms with Gasteiger partial charge in [-0.1, -0.05) is 44.2 Å². The van der Waals surface area contributed by atoms with Crippen molar-refractivity contribution in [3.8, 4) is 0 Å². The van der Waals surface area contributed by atoms with Gasteiger partial charge in [-0.05, 0) is 58.6 Å². The van der Waals surface area contributed by atoms with Crippen molar-refractivity contribution >= 4 is 35.0 Å². The van der Waals surface area contributed by atoms with E-state index < -0.39 is 11.7 Å². The molecular formula is C26H40ClN3O3. The van der Waals surface area contributed by atoms with Crippen LogP contribution in [0.2, 0.25) is 0 Å². The Labute approximate surface area is 204 Å². The fourth-order valence-electron chi connectivity index (χ4n) is 5.11. The molecule has 1 saturated heterocycles. The maximum Gasteiger partial charge on any atom is 0.412 e.